The van der Waals surface area contributed by atoms with Gasteiger partial charge in [0, 0.05) is 9.65 Å². The van der Waals surface area contributed by atoms with Gasteiger partial charge in [0.05, 0.1) is 17.5 Å². The SMILES string of the molecule is Cc1ccc(N2C(=O)[C@H]3[C@@H]4C[C@H]([C@@H](Br)[C@H]4Br)[C@@H]3C2=O)cc1. The lowest BCUT2D eigenvalue weighted by atomic mass is 9.81. The third-order valence-corrected chi connectivity index (χ3v) is 8.49. The van der Waals surface area contributed by atoms with Crippen molar-refractivity contribution in [2.75, 3.05) is 4.90 Å². The van der Waals surface area contributed by atoms with Gasteiger partial charge < -0.3 is 0 Å². The van der Waals surface area contributed by atoms with Crippen LogP contribution in [0.4, 0.5) is 5.69 Å². The van der Waals surface area contributed by atoms with E-state index in [9.17, 15) is 9.59 Å². The number of fused-ring (bicyclic) bond motifs is 5. The lowest BCUT2D eigenvalue weighted by Crippen LogP contribution is -2.37. The molecule has 1 aromatic carbocycles. The fourth-order valence-corrected chi connectivity index (χ4v) is 6.17. The van der Waals surface area contributed by atoms with Crippen LogP contribution in [-0.4, -0.2) is 21.5 Å². The number of carbonyl (C=O) groups excluding carboxylic acids is 2. The van der Waals surface area contributed by atoms with E-state index in [4.69, 9.17) is 0 Å². The van der Waals surface area contributed by atoms with Gasteiger partial charge in [-0.15, -0.1) is 0 Å². The first kappa shape index (κ1) is 13.9. The molecule has 2 bridgehead atoms. The van der Waals surface area contributed by atoms with Crippen molar-refractivity contribution in [3.8, 4) is 0 Å². The largest absolute Gasteiger partial charge is 0.274 e. The number of aryl methyl sites for hydroxylation is 1. The van der Waals surface area contributed by atoms with Crippen LogP contribution in [0.25, 0.3) is 0 Å². The molecular formula is C16H15Br2NO2. The smallest absolute Gasteiger partial charge is 0.238 e. The molecule has 110 valence electrons. The van der Waals surface area contributed by atoms with E-state index in [1.54, 1.807) is 0 Å². The molecule has 6 atom stereocenters. The number of benzene rings is 1. The molecule has 3 nitrogen and oxygen atoms in total. The second kappa shape index (κ2) is 4.66. The summed E-state index contributed by atoms with van der Waals surface area (Å²) in [6.45, 7) is 2.00. The van der Waals surface area contributed by atoms with Crippen molar-refractivity contribution >= 4 is 49.4 Å². The fraction of sp³-hybridized carbons (Fsp3) is 0.500. The number of imide groups is 1. The number of nitrogens with zero attached hydrogens (tertiary/aromatic N) is 1. The van der Waals surface area contributed by atoms with Crippen molar-refractivity contribution in [2.45, 2.75) is 23.0 Å². The van der Waals surface area contributed by atoms with Crippen molar-refractivity contribution in [2.24, 2.45) is 23.7 Å². The summed E-state index contributed by atoms with van der Waals surface area (Å²) in [5.74, 6) is 0.256. The molecule has 3 fully saturated rings. The van der Waals surface area contributed by atoms with E-state index >= 15 is 0 Å². The van der Waals surface area contributed by atoms with E-state index in [0.29, 0.717) is 15.3 Å². The Bertz CT molecular complexity index is 598. The summed E-state index contributed by atoms with van der Waals surface area (Å²) in [4.78, 5) is 27.6. The fourth-order valence-electron chi connectivity index (χ4n) is 4.30. The minimum atomic E-state index is -0.137. The number of halogens is 2. The maximum Gasteiger partial charge on any atom is 0.238 e. The molecule has 0 spiro atoms. The molecule has 0 radical (unpaired) electrons. The molecule has 1 saturated heterocycles. The van der Waals surface area contributed by atoms with Gasteiger partial charge >= 0.3 is 0 Å². The topological polar surface area (TPSA) is 37.4 Å². The van der Waals surface area contributed by atoms with Crippen LogP contribution in [0.15, 0.2) is 24.3 Å². The summed E-state index contributed by atoms with van der Waals surface area (Å²) in [5.41, 5.74) is 1.83. The molecule has 2 saturated carbocycles. The van der Waals surface area contributed by atoms with Gasteiger partial charge in [0.2, 0.25) is 11.8 Å². The molecule has 0 N–H and O–H groups in total. The highest BCUT2D eigenvalue weighted by Gasteiger charge is 2.66. The third-order valence-electron chi connectivity index (χ3n) is 5.28. The van der Waals surface area contributed by atoms with Crippen LogP contribution in [0.1, 0.15) is 12.0 Å². The molecule has 2 amide bonds. The lowest BCUT2D eigenvalue weighted by Gasteiger charge is -2.28. The minimum absolute atomic E-state index is 0.00907. The Morgan fingerprint density at radius 3 is 1.90 bits per heavy atom. The molecule has 4 rings (SSSR count). The van der Waals surface area contributed by atoms with Crippen LogP contribution >= 0.6 is 31.9 Å². The van der Waals surface area contributed by atoms with Gasteiger partial charge in [0.15, 0.2) is 0 Å². The summed E-state index contributed by atoms with van der Waals surface area (Å²) < 4.78 is 0. The number of hydrogen-bond donors (Lipinski definition) is 0. The van der Waals surface area contributed by atoms with Crippen LogP contribution in [-0.2, 0) is 9.59 Å². The zero-order chi connectivity index (χ0) is 14.9. The third kappa shape index (κ3) is 1.76. The number of anilines is 1. The van der Waals surface area contributed by atoms with E-state index < -0.39 is 0 Å². The molecule has 1 heterocycles. The van der Waals surface area contributed by atoms with E-state index in [1.807, 2.05) is 31.2 Å². The average Bonchev–Trinajstić information content (AvgIpc) is 3.06. The summed E-state index contributed by atoms with van der Waals surface area (Å²) in [6.07, 6.45) is 0.973. The summed E-state index contributed by atoms with van der Waals surface area (Å²) in [6, 6.07) is 7.62. The van der Waals surface area contributed by atoms with Gasteiger partial charge in [-0.25, -0.2) is 0 Å². The zero-order valence-electron chi connectivity index (χ0n) is 11.5. The first-order valence-corrected chi connectivity index (χ1v) is 9.06. The standard InChI is InChI=1S/C16H15Br2NO2/c1-7-2-4-8(5-3-7)19-15(20)11-9-6-10(12(11)16(19)21)14(18)13(9)17/h2-5,9-14H,6H2,1H3/t9-,10-,11-,12-,13-,14+/m0/s1. The molecule has 3 aliphatic rings. The highest BCUT2D eigenvalue weighted by molar-refractivity contribution is 9.12. The van der Waals surface area contributed by atoms with E-state index in [1.165, 1.54) is 4.90 Å². The first-order valence-electron chi connectivity index (χ1n) is 7.23. The Morgan fingerprint density at radius 1 is 0.952 bits per heavy atom. The van der Waals surface area contributed by atoms with Gasteiger partial charge in [-0.05, 0) is 37.3 Å². The lowest BCUT2D eigenvalue weighted by molar-refractivity contribution is -0.123. The Balaban J connectivity index is 1.73. The molecule has 1 aliphatic heterocycles. The molecule has 0 aromatic heterocycles. The van der Waals surface area contributed by atoms with Crippen LogP contribution in [0.3, 0.4) is 0 Å². The number of alkyl halides is 2. The zero-order valence-corrected chi connectivity index (χ0v) is 14.7. The van der Waals surface area contributed by atoms with Crippen molar-refractivity contribution < 1.29 is 9.59 Å². The molecule has 21 heavy (non-hydrogen) atoms. The van der Waals surface area contributed by atoms with Crippen molar-refractivity contribution in [1.82, 2.24) is 0 Å². The quantitative estimate of drug-likeness (QED) is 0.524. The molecular weight excluding hydrogens is 398 g/mol. The van der Waals surface area contributed by atoms with E-state index in [0.717, 1.165) is 12.0 Å². The van der Waals surface area contributed by atoms with Crippen LogP contribution in [0, 0.1) is 30.6 Å². The van der Waals surface area contributed by atoms with Crippen LogP contribution in [0.2, 0.25) is 0 Å². The van der Waals surface area contributed by atoms with E-state index in [-0.39, 0.29) is 35.5 Å². The second-order valence-corrected chi connectivity index (χ2v) is 8.47. The highest BCUT2D eigenvalue weighted by Crippen LogP contribution is 2.60. The van der Waals surface area contributed by atoms with Crippen LogP contribution < -0.4 is 4.90 Å². The van der Waals surface area contributed by atoms with Crippen molar-refractivity contribution in [1.29, 1.82) is 0 Å². The number of rotatable bonds is 1. The van der Waals surface area contributed by atoms with Crippen molar-refractivity contribution in [3.05, 3.63) is 29.8 Å². The van der Waals surface area contributed by atoms with Gasteiger partial charge in [-0.3, -0.25) is 14.5 Å². The predicted molar refractivity (Wildman–Crippen MR) is 87.7 cm³/mol. The van der Waals surface area contributed by atoms with Gasteiger partial charge in [-0.1, -0.05) is 49.6 Å². The van der Waals surface area contributed by atoms with Gasteiger partial charge in [0.25, 0.3) is 0 Å². The van der Waals surface area contributed by atoms with Gasteiger partial charge in [-0.2, -0.15) is 0 Å². The highest BCUT2D eigenvalue weighted by atomic mass is 79.9. The van der Waals surface area contributed by atoms with E-state index in [2.05, 4.69) is 31.9 Å². The summed E-state index contributed by atoms with van der Waals surface area (Å²) >= 11 is 7.40. The monoisotopic (exact) mass is 411 g/mol. The summed E-state index contributed by atoms with van der Waals surface area (Å²) in [5, 5.41) is 0. The normalized spacial score (nSPS) is 41.0. The Hall–Kier alpha value is -0.680. The molecule has 2 aliphatic carbocycles. The Kier molecular flexibility index (Phi) is 3.09. The number of hydrogen-bond acceptors (Lipinski definition) is 2. The Morgan fingerprint density at radius 2 is 1.43 bits per heavy atom. The Labute approximate surface area is 140 Å². The summed E-state index contributed by atoms with van der Waals surface area (Å²) in [7, 11) is 0. The average molecular weight is 413 g/mol. The van der Waals surface area contributed by atoms with Crippen molar-refractivity contribution in [3.63, 3.8) is 0 Å². The minimum Gasteiger partial charge on any atom is -0.274 e. The second-order valence-electron chi connectivity index (χ2n) is 6.35. The molecule has 0 unspecified atom stereocenters. The van der Waals surface area contributed by atoms with Gasteiger partial charge in [0.1, 0.15) is 0 Å². The number of amides is 2. The van der Waals surface area contributed by atoms with Crippen LogP contribution in [0.5, 0.6) is 0 Å². The molecule has 1 aromatic rings. The predicted octanol–water partition coefficient (Wildman–Crippen LogP) is 3.28. The maximum atomic E-state index is 12.8. The first-order chi connectivity index (χ1) is 10.0. The number of carbonyl (C=O) groups is 2. The molecule has 5 heteroatoms. The maximum absolute atomic E-state index is 12.8.